The van der Waals surface area contributed by atoms with Crippen LogP contribution in [0.1, 0.15) is 39.2 Å². The van der Waals surface area contributed by atoms with E-state index in [-0.39, 0.29) is 18.6 Å². The zero-order chi connectivity index (χ0) is 17.2. The van der Waals surface area contributed by atoms with Crippen LogP contribution in [0.15, 0.2) is 35.9 Å². The van der Waals surface area contributed by atoms with Crippen molar-refractivity contribution in [1.29, 1.82) is 0 Å². The van der Waals surface area contributed by atoms with Crippen molar-refractivity contribution in [1.82, 2.24) is 0 Å². The van der Waals surface area contributed by atoms with E-state index in [9.17, 15) is 10.2 Å². The van der Waals surface area contributed by atoms with Crippen molar-refractivity contribution in [3.05, 3.63) is 41.5 Å². The summed E-state index contributed by atoms with van der Waals surface area (Å²) in [4.78, 5) is 0. The molecule has 0 fully saturated rings. The van der Waals surface area contributed by atoms with E-state index in [2.05, 4.69) is 0 Å². The van der Waals surface area contributed by atoms with Gasteiger partial charge in [0.05, 0.1) is 25.9 Å². The van der Waals surface area contributed by atoms with Crippen LogP contribution < -0.4 is 4.74 Å². The molecule has 1 aromatic carbocycles. The Morgan fingerprint density at radius 1 is 1.26 bits per heavy atom. The van der Waals surface area contributed by atoms with Gasteiger partial charge in [0, 0.05) is 18.9 Å². The Morgan fingerprint density at radius 2 is 1.91 bits per heavy atom. The van der Waals surface area contributed by atoms with E-state index in [0.29, 0.717) is 13.0 Å². The van der Waals surface area contributed by atoms with Gasteiger partial charge in [-0.15, -0.1) is 0 Å². The van der Waals surface area contributed by atoms with E-state index in [4.69, 9.17) is 9.47 Å². The minimum absolute atomic E-state index is 0.0512. The number of aliphatic hydroxyl groups is 2. The Hall–Kier alpha value is -1.36. The molecular formula is C19H30O4. The van der Waals surface area contributed by atoms with E-state index in [0.717, 1.165) is 23.3 Å². The summed E-state index contributed by atoms with van der Waals surface area (Å²) in [6.07, 6.45) is 2.77. The van der Waals surface area contributed by atoms with Crippen LogP contribution in [0.5, 0.6) is 5.75 Å². The predicted octanol–water partition coefficient (Wildman–Crippen LogP) is 3.32. The van der Waals surface area contributed by atoms with E-state index in [1.54, 1.807) is 7.11 Å². The highest BCUT2D eigenvalue weighted by Crippen LogP contribution is 2.17. The number of hydrogen-bond donors (Lipinski definition) is 2. The summed E-state index contributed by atoms with van der Waals surface area (Å²) in [5.74, 6) is 0.938. The molecule has 0 saturated heterocycles. The predicted molar refractivity (Wildman–Crippen MR) is 92.5 cm³/mol. The molecule has 3 atom stereocenters. The number of benzene rings is 1. The largest absolute Gasteiger partial charge is 0.497 e. The quantitative estimate of drug-likeness (QED) is 0.649. The second kappa shape index (κ2) is 10.4. The molecule has 0 aliphatic rings. The van der Waals surface area contributed by atoms with Crippen molar-refractivity contribution in [2.24, 2.45) is 5.92 Å². The summed E-state index contributed by atoms with van der Waals surface area (Å²) < 4.78 is 10.9. The molecule has 23 heavy (non-hydrogen) atoms. The van der Waals surface area contributed by atoms with Crippen LogP contribution in [0.2, 0.25) is 0 Å². The van der Waals surface area contributed by atoms with Crippen LogP contribution in [0.4, 0.5) is 0 Å². The van der Waals surface area contributed by atoms with Gasteiger partial charge in [0.25, 0.3) is 0 Å². The van der Waals surface area contributed by atoms with Crippen molar-refractivity contribution in [2.75, 3.05) is 13.7 Å². The van der Waals surface area contributed by atoms with Gasteiger partial charge in [-0.1, -0.05) is 25.1 Å². The van der Waals surface area contributed by atoms with Gasteiger partial charge in [-0.25, -0.2) is 0 Å². The Labute approximate surface area is 139 Å². The van der Waals surface area contributed by atoms with Gasteiger partial charge in [-0.2, -0.15) is 0 Å². The lowest BCUT2D eigenvalue weighted by molar-refractivity contribution is 0.0224. The lowest BCUT2D eigenvalue weighted by Gasteiger charge is -2.19. The van der Waals surface area contributed by atoms with E-state index in [1.807, 2.05) is 51.1 Å². The summed E-state index contributed by atoms with van der Waals surface area (Å²) in [6, 6.07) is 7.76. The molecule has 4 nitrogen and oxygen atoms in total. The fourth-order valence-electron chi connectivity index (χ4n) is 2.31. The molecule has 0 amide bonds. The summed E-state index contributed by atoms with van der Waals surface area (Å²) in [7, 11) is 1.64. The summed E-state index contributed by atoms with van der Waals surface area (Å²) in [6.45, 7) is 6.51. The number of ether oxygens (including phenoxy) is 2. The fraction of sp³-hybridized carbons (Fsp3) is 0.579. The maximum absolute atomic E-state index is 10.2. The zero-order valence-electron chi connectivity index (χ0n) is 14.7. The zero-order valence-corrected chi connectivity index (χ0v) is 14.7. The Morgan fingerprint density at radius 3 is 2.43 bits per heavy atom. The normalized spacial score (nSPS) is 16.0. The van der Waals surface area contributed by atoms with Gasteiger partial charge in [-0.05, 0) is 43.5 Å². The van der Waals surface area contributed by atoms with Crippen LogP contribution in [-0.2, 0) is 11.3 Å². The molecule has 0 radical (unpaired) electrons. The Bertz CT molecular complexity index is 463. The molecule has 0 bridgehead atoms. The molecule has 4 heteroatoms. The number of methoxy groups -OCH3 is 1. The number of aliphatic hydroxyl groups excluding tert-OH is 2. The lowest BCUT2D eigenvalue weighted by atomic mass is 9.99. The van der Waals surface area contributed by atoms with Crippen LogP contribution in [-0.4, -0.2) is 36.1 Å². The third-order valence-electron chi connectivity index (χ3n) is 4.03. The summed E-state index contributed by atoms with van der Waals surface area (Å²) >= 11 is 0. The minimum atomic E-state index is -0.540. The van der Waals surface area contributed by atoms with Crippen molar-refractivity contribution in [3.63, 3.8) is 0 Å². The highest BCUT2D eigenvalue weighted by Gasteiger charge is 2.14. The first kappa shape index (κ1) is 19.7. The molecule has 0 spiro atoms. The molecule has 130 valence electrons. The Balaban J connectivity index is 2.43. The average molecular weight is 322 g/mol. The van der Waals surface area contributed by atoms with Crippen LogP contribution in [0.3, 0.4) is 0 Å². The van der Waals surface area contributed by atoms with Gasteiger partial charge < -0.3 is 19.7 Å². The van der Waals surface area contributed by atoms with Gasteiger partial charge in [0.2, 0.25) is 0 Å². The van der Waals surface area contributed by atoms with E-state index < -0.39 is 6.10 Å². The highest BCUT2D eigenvalue weighted by atomic mass is 16.5. The standard InChI is InChI=1S/C19H30O4/c1-5-16(12-20)10-14(2)19(21)11-15(3)23-13-17-6-8-18(22-4)9-7-17/h6-10,15-16,19-21H,5,11-13H2,1-4H3/b14-10-/t15-,16+,19-/m0/s1. The van der Waals surface area contributed by atoms with Crippen molar-refractivity contribution < 1.29 is 19.7 Å². The molecular weight excluding hydrogens is 292 g/mol. The SMILES string of the molecule is CC[C@H](/C=C(/C)[C@@H](O)C[C@H](C)OCc1ccc(OC)cc1)CO. The van der Waals surface area contributed by atoms with Crippen molar-refractivity contribution in [2.45, 2.75) is 52.4 Å². The second-order valence-corrected chi connectivity index (χ2v) is 5.98. The number of hydrogen-bond acceptors (Lipinski definition) is 4. The summed E-state index contributed by atoms with van der Waals surface area (Å²) in [5, 5.41) is 19.5. The minimum Gasteiger partial charge on any atom is -0.497 e. The fourth-order valence-corrected chi connectivity index (χ4v) is 2.31. The molecule has 0 heterocycles. The maximum atomic E-state index is 10.2. The molecule has 0 aliphatic carbocycles. The third kappa shape index (κ3) is 7.16. The first-order valence-electron chi connectivity index (χ1n) is 8.21. The molecule has 0 unspecified atom stereocenters. The number of rotatable bonds is 10. The molecule has 1 rings (SSSR count). The van der Waals surface area contributed by atoms with Crippen LogP contribution in [0.25, 0.3) is 0 Å². The molecule has 0 aromatic heterocycles. The second-order valence-electron chi connectivity index (χ2n) is 5.98. The van der Waals surface area contributed by atoms with Crippen LogP contribution in [0, 0.1) is 5.92 Å². The van der Waals surface area contributed by atoms with Gasteiger partial charge in [0.15, 0.2) is 0 Å². The monoisotopic (exact) mass is 322 g/mol. The summed E-state index contributed by atoms with van der Waals surface area (Å²) in [5.41, 5.74) is 1.97. The van der Waals surface area contributed by atoms with E-state index >= 15 is 0 Å². The lowest BCUT2D eigenvalue weighted by Crippen LogP contribution is -2.20. The maximum Gasteiger partial charge on any atom is 0.118 e. The smallest absolute Gasteiger partial charge is 0.118 e. The molecule has 1 aromatic rings. The average Bonchev–Trinajstić information content (AvgIpc) is 2.57. The molecule has 2 N–H and O–H groups in total. The van der Waals surface area contributed by atoms with Crippen LogP contribution >= 0.6 is 0 Å². The molecule has 0 aliphatic heterocycles. The third-order valence-corrected chi connectivity index (χ3v) is 4.03. The first-order valence-corrected chi connectivity index (χ1v) is 8.21. The topological polar surface area (TPSA) is 58.9 Å². The van der Waals surface area contributed by atoms with Gasteiger partial charge in [-0.3, -0.25) is 0 Å². The van der Waals surface area contributed by atoms with Gasteiger partial charge in [0.1, 0.15) is 5.75 Å². The highest BCUT2D eigenvalue weighted by molar-refractivity contribution is 5.26. The Kier molecular flexibility index (Phi) is 8.92. The molecule has 0 saturated carbocycles. The van der Waals surface area contributed by atoms with E-state index in [1.165, 1.54) is 0 Å². The van der Waals surface area contributed by atoms with Crippen molar-refractivity contribution >= 4 is 0 Å². The van der Waals surface area contributed by atoms with Gasteiger partial charge >= 0.3 is 0 Å². The van der Waals surface area contributed by atoms with Crippen molar-refractivity contribution in [3.8, 4) is 5.75 Å². The first-order chi connectivity index (χ1) is 11.0.